The van der Waals surface area contributed by atoms with Gasteiger partial charge in [-0.1, -0.05) is 31.2 Å². The summed E-state index contributed by atoms with van der Waals surface area (Å²) in [4.78, 5) is 48.9. The van der Waals surface area contributed by atoms with Crippen LogP contribution in [0.25, 0.3) is 0 Å². The van der Waals surface area contributed by atoms with Gasteiger partial charge >= 0.3 is 0 Å². The molecule has 0 radical (unpaired) electrons. The number of amides is 3. The topological polar surface area (TPSA) is 96.0 Å². The molecule has 0 saturated heterocycles. The highest BCUT2D eigenvalue weighted by molar-refractivity contribution is 5.81. The monoisotopic (exact) mass is 419 g/mol. The molecule has 166 valence electrons. The minimum atomic E-state index is -0.121. The van der Waals surface area contributed by atoms with Crippen LogP contribution >= 0.6 is 0 Å². The van der Waals surface area contributed by atoms with Gasteiger partial charge in [-0.2, -0.15) is 0 Å². The van der Waals surface area contributed by atoms with Gasteiger partial charge < -0.3 is 19.9 Å². The minimum absolute atomic E-state index is 0.0000918. The highest BCUT2D eigenvalue weighted by atomic mass is 16.5. The first-order valence-electron chi connectivity index (χ1n) is 10.2. The van der Waals surface area contributed by atoms with Crippen molar-refractivity contribution in [2.45, 2.75) is 39.2 Å². The molecule has 3 amide bonds. The van der Waals surface area contributed by atoms with E-state index in [0.29, 0.717) is 45.5 Å². The molecular formula is C22H33N3O5. The van der Waals surface area contributed by atoms with Crippen LogP contribution in [0.1, 0.15) is 37.3 Å². The van der Waals surface area contributed by atoms with Gasteiger partial charge in [0, 0.05) is 53.2 Å². The van der Waals surface area contributed by atoms with Crippen molar-refractivity contribution in [1.29, 1.82) is 0 Å². The van der Waals surface area contributed by atoms with Crippen molar-refractivity contribution >= 4 is 24.0 Å². The van der Waals surface area contributed by atoms with E-state index in [1.54, 1.807) is 25.9 Å². The zero-order valence-corrected chi connectivity index (χ0v) is 18.2. The summed E-state index contributed by atoms with van der Waals surface area (Å²) in [6.07, 6.45) is 2.53. The van der Waals surface area contributed by atoms with Crippen molar-refractivity contribution in [2.24, 2.45) is 0 Å². The smallest absolute Gasteiger partial charge is 0.248 e. The average Bonchev–Trinajstić information content (AvgIpc) is 2.74. The van der Waals surface area contributed by atoms with Crippen LogP contribution in [0.15, 0.2) is 24.3 Å². The van der Waals surface area contributed by atoms with Crippen LogP contribution in [0.3, 0.4) is 0 Å². The molecule has 0 aromatic heterocycles. The van der Waals surface area contributed by atoms with Crippen molar-refractivity contribution in [1.82, 2.24) is 15.1 Å². The number of likely N-dealkylation sites (N-methyl/N-ethyl adjacent to an activating group) is 1. The first-order valence-corrected chi connectivity index (χ1v) is 10.2. The predicted molar refractivity (Wildman–Crippen MR) is 114 cm³/mol. The van der Waals surface area contributed by atoms with Crippen LogP contribution in [0.5, 0.6) is 0 Å². The molecule has 8 nitrogen and oxygen atoms in total. The summed E-state index contributed by atoms with van der Waals surface area (Å²) >= 11 is 0. The van der Waals surface area contributed by atoms with Crippen molar-refractivity contribution in [3.05, 3.63) is 35.4 Å². The summed E-state index contributed by atoms with van der Waals surface area (Å²) in [5.74, 6) is -0.103. The van der Waals surface area contributed by atoms with Crippen LogP contribution < -0.4 is 5.32 Å². The molecule has 1 aromatic rings. The van der Waals surface area contributed by atoms with E-state index in [9.17, 15) is 19.2 Å². The zero-order valence-electron chi connectivity index (χ0n) is 18.2. The first-order chi connectivity index (χ1) is 14.3. The number of nitrogens with zero attached hydrogens (tertiary/aromatic N) is 2. The van der Waals surface area contributed by atoms with Crippen molar-refractivity contribution in [2.75, 3.05) is 40.4 Å². The Hall–Kier alpha value is -2.74. The third-order valence-corrected chi connectivity index (χ3v) is 4.56. The Bertz CT molecular complexity index is 691. The number of hydrogen-bond donors (Lipinski definition) is 1. The summed E-state index contributed by atoms with van der Waals surface area (Å²) < 4.78 is 5.37. The first kappa shape index (κ1) is 25.3. The SMILES string of the molecule is CCC(=O)CCNC(=O)Cc1ccc(CN(C)C(=O)COCCCN(C)C=O)cc1. The van der Waals surface area contributed by atoms with E-state index < -0.39 is 0 Å². The Morgan fingerprint density at radius 3 is 2.40 bits per heavy atom. The normalized spacial score (nSPS) is 10.4. The van der Waals surface area contributed by atoms with Gasteiger partial charge in [0.25, 0.3) is 0 Å². The lowest BCUT2D eigenvalue weighted by atomic mass is 10.1. The lowest BCUT2D eigenvalue weighted by molar-refractivity contribution is -0.135. The van der Waals surface area contributed by atoms with Crippen LogP contribution in [0.4, 0.5) is 0 Å². The number of benzene rings is 1. The Morgan fingerprint density at radius 1 is 1.10 bits per heavy atom. The Kier molecular flexibility index (Phi) is 12.0. The zero-order chi connectivity index (χ0) is 22.4. The number of hydrogen-bond acceptors (Lipinski definition) is 5. The van der Waals surface area contributed by atoms with Crippen LogP contribution in [-0.2, 0) is 36.9 Å². The van der Waals surface area contributed by atoms with Gasteiger partial charge in [0.15, 0.2) is 0 Å². The van der Waals surface area contributed by atoms with Gasteiger partial charge in [0.2, 0.25) is 18.2 Å². The molecule has 0 spiro atoms. The number of ketones is 1. The molecule has 8 heteroatoms. The third kappa shape index (κ3) is 10.7. The van der Waals surface area contributed by atoms with E-state index in [2.05, 4.69) is 5.32 Å². The average molecular weight is 420 g/mol. The van der Waals surface area contributed by atoms with Gasteiger partial charge in [0.05, 0.1) is 6.42 Å². The van der Waals surface area contributed by atoms with Gasteiger partial charge in [-0.3, -0.25) is 19.2 Å². The van der Waals surface area contributed by atoms with Gasteiger partial charge in [-0.15, -0.1) is 0 Å². The maximum Gasteiger partial charge on any atom is 0.248 e. The van der Waals surface area contributed by atoms with E-state index in [1.807, 2.05) is 24.3 Å². The summed E-state index contributed by atoms with van der Waals surface area (Å²) in [5, 5.41) is 2.75. The van der Waals surface area contributed by atoms with Crippen molar-refractivity contribution in [3.63, 3.8) is 0 Å². The fourth-order valence-electron chi connectivity index (χ4n) is 2.63. The molecule has 0 unspecified atom stereocenters. The standard InChI is InChI=1S/C22H33N3O5/c1-4-20(27)10-11-23-21(28)14-18-6-8-19(9-7-18)15-25(3)22(29)16-30-13-5-12-24(2)17-26/h6-9,17H,4-5,10-16H2,1-3H3,(H,23,28). The lowest BCUT2D eigenvalue weighted by Gasteiger charge is -2.18. The number of carbonyl (C=O) groups is 4. The van der Waals surface area contributed by atoms with E-state index in [1.165, 1.54) is 4.90 Å². The number of nitrogens with one attached hydrogen (secondary N) is 1. The van der Waals surface area contributed by atoms with Crippen molar-refractivity contribution < 1.29 is 23.9 Å². The van der Waals surface area contributed by atoms with Gasteiger partial charge in [0.1, 0.15) is 12.4 Å². The molecular weight excluding hydrogens is 386 g/mol. The summed E-state index contributed by atoms with van der Waals surface area (Å²) in [7, 11) is 3.41. The Balaban J connectivity index is 2.31. The second-order valence-corrected chi connectivity index (χ2v) is 7.23. The fourth-order valence-corrected chi connectivity index (χ4v) is 2.63. The van der Waals surface area contributed by atoms with Gasteiger partial charge in [-0.05, 0) is 17.5 Å². The molecule has 30 heavy (non-hydrogen) atoms. The Morgan fingerprint density at radius 2 is 1.77 bits per heavy atom. The van der Waals surface area contributed by atoms with Gasteiger partial charge in [-0.25, -0.2) is 0 Å². The molecule has 0 atom stereocenters. The molecule has 0 aliphatic carbocycles. The third-order valence-electron chi connectivity index (χ3n) is 4.56. The number of Topliss-reactive ketones (excluding diaryl/α,β-unsaturated/α-hetero) is 1. The largest absolute Gasteiger partial charge is 0.372 e. The lowest BCUT2D eigenvalue weighted by Crippen LogP contribution is -2.30. The van der Waals surface area contributed by atoms with E-state index in [4.69, 9.17) is 4.74 Å². The molecule has 0 aliphatic rings. The van der Waals surface area contributed by atoms with Crippen LogP contribution in [0.2, 0.25) is 0 Å². The van der Waals surface area contributed by atoms with E-state index >= 15 is 0 Å². The predicted octanol–water partition coefficient (Wildman–Crippen LogP) is 1.17. The molecule has 1 aromatic carbocycles. The summed E-state index contributed by atoms with van der Waals surface area (Å²) in [6.45, 7) is 3.63. The minimum Gasteiger partial charge on any atom is -0.372 e. The van der Waals surface area contributed by atoms with Crippen LogP contribution in [-0.4, -0.2) is 74.2 Å². The molecule has 0 saturated carbocycles. The van der Waals surface area contributed by atoms with E-state index in [0.717, 1.165) is 17.5 Å². The molecule has 0 bridgehead atoms. The quantitative estimate of drug-likeness (QED) is 0.340. The van der Waals surface area contributed by atoms with Crippen LogP contribution in [0, 0.1) is 0 Å². The molecule has 0 heterocycles. The maximum absolute atomic E-state index is 12.1. The molecule has 1 N–H and O–H groups in total. The number of rotatable bonds is 15. The maximum atomic E-state index is 12.1. The highest BCUT2D eigenvalue weighted by Crippen LogP contribution is 2.08. The van der Waals surface area contributed by atoms with E-state index in [-0.39, 0.29) is 30.6 Å². The molecule has 1 rings (SSSR count). The molecule has 0 fully saturated rings. The summed E-state index contributed by atoms with van der Waals surface area (Å²) in [6, 6.07) is 7.52. The Labute approximate surface area is 178 Å². The summed E-state index contributed by atoms with van der Waals surface area (Å²) in [5.41, 5.74) is 1.83. The fraction of sp³-hybridized carbons (Fsp3) is 0.545. The highest BCUT2D eigenvalue weighted by Gasteiger charge is 2.10. The second kappa shape index (κ2) is 14.3. The van der Waals surface area contributed by atoms with Crippen molar-refractivity contribution in [3.8, 4) is 0 Å². The second-order valence-electron chi connectivity index (χ2n) is 7.23. The number of carbonyl (C=O) groups excluding carboxylic acids is 4. The molecule has 0 aliphatic heterocycles. The number of ether oxygens (including phenoxy) is 1.